The van der Waals surface area contributed by atoms with E-state index in [1.165, 1.54) is 4.90 Å². The summed E-state index contributed by atoms with van der Waals surface area (Å²) in [6, 6.07) is 5.10. The molecule has 5 nitrogen and oxygen atoms in total. The van der Waals surface area contributed by atoms with Gasteiger partial charge in [-0.05, 0) is 19.1 Å². The van der Waals surface area contributed by atoms with Crippen molar-refractivity contribution in [3.05, 3.63) is 23.8 Å². The first-order valence-corrected chi connectivity index (χ1v) is 5.49. The van der Waals surface area contributed by atoms with E-state index in [1.807, 2.05) is 6.92 Å². The number of nitrogen functional groups attached to an aromatic ring is 1. The first kappa shape index (κ1) is 13.3. The molecule has 5 heteroatoms. The third-order valence-corrected chi connectivity index (χ3v) is 2.35. The van der Waals surface area contributed by atoms with Gasteiger partial charge in [-0.2, -0.15) is 0 Å². The molecule has 0 saturated heterocycles. The Balaban J connectivity index is 3.06. The van der Waals surface area contributed by atoms with Crippen molar-refractivity contribution >= 4 is 11.6 Å². The molecule has 17 heavy (non-hydrogen) atoms. The molecule has 94 valence electrons. The average Bonchev–Trinajstić information content (AvgIpc) is 2.29. The van der Waals surface area contributed by atoms with E-state index >= 15 is 0 Å². The van der Waals surface area contributed by atoms with Crippen LogP contribution in [-0.2, 0) is 0 Å². The summed E-state index contributed by atoms with van der Waals surface area (Å²) in [5, 5.41) is 8.82. The second kappa shape index (κ2) is 6.10. The Labute approximate surface area is 101 Å². The predicted octanol–water partition coefficient (Wildman–Crippen LogP) is 0.732. The van der Waals surface area contributed by atoms with E-state index in [1.54, 1.807) is 25.2 Å². The van der Waals surface area contributed by atoms with Gasteiger partial charge in [0.1, 0.15) is 11.3 Å². The fourth-order valence-corrected chi connectivity index (χ4v) is 1.50. The lowest BCUT2D eigenvalue weighted by atomic mass is 10.1. The highest BCUT2D eigenvalue weighted by Crippen LogP contribution is 2.25. The molecular weight excluding hydrogens is 220 g/mol. The van der Waals surface area contributed by atoms with Crippen LogP contribution in [0.1, 0.15) is 17.3 Å². The highest BCUT2D eigenvalue weighted by molar-refractivity contribution is 6.01. The molecule has 0 aliphatic carbocycles. The third-order valence-electron chi connectivity index (χ3n) is 2.35. The van der Waals surface area contributed by atoms with Crippen LogP contribution < -0.4 is 10.5 Å². The SMILES string of the molecule is CCOc1cccc(N)c1C(=O)N(C)CCO. The molecule has 0 aliphatic heterocycles. The first-order valence-electron chi connectivity index (χ1n) is 5.49. The minimum Gasteiger partial charge on any atom is -0.493 e. The Hall–Kier alpha value is -1.75. The van der Waals surface area contributed by atoms with Crippen molar-refractivity contribution in [2.24, 2.45) is 0 Å². The zero-order chi connectivity index (χ0) is 12.8. The maximum atomic E-state index is 12.1. The van der Waals surface area contributed by atoms with Gasteiger partial charge in [0.2, 0.25) is 0 Å². The lowest BCUT2D eigenvalue weighted by Gasteiger charge is -2.19. The molecular formula is C12H18N2O3. The number of hydrogen-bond acceptors (Lipinski definition) is 4. The fraction of sp³-hybridized carbons (Fsp3) is 0.417. The van der Waals surface area contributed by atoms with Gasteiger partial charge in [0.05, 0.1) is 13.2 Å². The van der Waals surface area contributed by atoms with Crippen molar-refractivity contribution in [1.82, 2.24) is 4.90 Å². The molecule has 0 fully saturated rings. The van der Waals surface area contributed by atoms with Crippen molar-refractivity contribution < 1.29 is 14.6 Å². The van der Waals surface area contributed by atoms with Crippen LogP contribution in [0.4, 0.5) is 5.69 Å². The summed E-state index contributed by atoms with van der Waals surface area (Å²) >= 11 is 0. The maximum Gasteiger partial charge on any atom is 0.259 e. The Bertz CT molecular complexity index is 393. The Kier molecular flexibility index (Phi) is 4.78. The molecule has 0 aliphatic rings. The molecule has 0 saturated carbocycles. The molecule has 1 aromatic rings. The fourth-order valence-electron chi connectivity index (χ4n) is 1.50. The lowest BCUT2D eigenvalue weighted by molar-refractivity contribution is 0.0764. The van der Waals surface area contributed by atoms with Gasteiger partial charge in [-0.3, -0.25) is 4.79 Å². The van der Waals surface area contributed by atoms with E-state index in [9.17, 15) is 4.79 Å². The van der Waals surface area contributed by atoms with E-state index in [4.69, 9.17) is 15.6 Å². The van der Waals surface area contributed by atoms with Crippen LogP contribution in [-0.4, -0.2) is 42.7 Å². The second-order valence-corrected chi connectivity index (χ2v) is 3.60. The second-order valence-electron chi connectivity index (χ2n) is 3.60. The summed E-state index contributed by atoms with van der Waals surface area (Å²) in [6.07, 6.45) is 0. The monoisotopic (exact) mass is 238 g/mol. The maximum absolute atomic E-state index is 12.1. The highest BCUT2D eigenvalue weighted by Gasteiger charge is 2.19. The number of aliphatic hydroxyl groups excluding tert-OH is 1. The normalized spacial score (nSPS) is 10.1. The Morgan fingerprint density at radius 3 is 2.82 bits per heavy atom. The van der Waals surface area contributed by atoms with Gasteiger partial charge in [0, 0.05) is 19.3 Å². The van der Waals surface area contributed by atoms with Crippen molar-refractivity contribution in [2.75, 3.05) is 32.5 Å². The zero-order valence-corrected chi connectivity index (χ0v) is 10.1. The van der Waals surface area contributed by atoms with Gasteiger partial charge in [0.15, 0.2) is 0 Å². The van der Waals surface area contributed by atoms with E-state index in [2.05, 4.69) is 0 Å². The minimum atomic E-state index is -0.249. The lowest BCUT2D eigenvalue weighted by Crippen LogP contribution is -2.30. The topological polar surface area (TPSA) is 75.8 Å². The van der Waals surface area contributed by atoms with Gasteiger partial charge < -0.3 is 20.5 Å². The number of nitrogens with zero attached hydrogens (tertiary/aromatic N) is 1. The number of aliphatic hydroxyl groups is 1. The number of hydrogen-bond donors (Lipinski definition) is 2. The summed E-state index contributed by atoms with van der Waals surface area (Å²) in [5.74, 6) is 0.225. The molecule has 0 unspecified atom stereocenters. The molecule has 0 radical (unpaired) electrons. The molecule has 0 spiro atoms. The van der Waals surface area contributed by atoms with Gasteiger partial charge in [-0.25, -0.2) is 0 Å². The minimum absolute atomic E-state index is 0.0844. The molecule has 1 amide bonds. The largest absolute Gasteiger partial charge is 0.493 e. The van der Waals surface area contributed by atoms with Crippen LogP contribution in [0, 0.1) is 0 Å². The number of carbonyl (C=O) groups excluding carboxylic acids is 1. The van der Waals surface area contributed by atoms with Crippen LogP contribution in [0.25, 0.3) is 0 Å². The molecule has 0 aromatic heterocycles. The summed E-state index contributed by atoms with van der Waals surface area (Å²) in [4.78, 5) is 13.5. The van der Waals surface area contributed by atoms with E-state index in [0.29, 0.717) is 23.6 Å². The quantitative estimate of drug-likeness (QED) is 0.741. The molecule has 3 N–H and O–H groups in total. The number of rotatable bonds is 5. The molecule has 0 bridgehead atoms. The number of carbonyl (C=O) groups is 1. The standard InChI is InChI=1S/C12H18N2O3/c1-3-17-10-6-4-5-9(13)11(10)12(16)14(2)7-8-15/h4-6,15H,3,7-8,13H2,1-2H3. The average molecular weight is 238 g/mol. The number of benzene rings is 1. The zero-order valence-electron chi connectivity index (χ0n) is 10.1. The van der Waals surface area contributed by atoms with Crippen LogP contribution in [0.5, 0.6) is 5.75 Å². The van der Waals surface area contributed by atoms with Crippen molar-refractivity contribution in [3.8, 4) is 5.75 Å². The summed E-state index contributed by atoms with van der Waals surface area (Å²) in [6.45, 7) is 2.49. The van der Waals surface area contributed by atoms with Crippen LogP contribution in [0.3, 0.4) is 0 Å². The van der Waals surface area contributed by atoms with Crippen molar-refractivity contribution in [3.63, 3.8) is 0 Å². The van der Waals surface area contributed by atoms with Crippen LogP contribution in [0.2, 0.25) is 0 Å². The van der Waals surface area contributed by atoms with E-state index in [-0.39, 0.29) is 19.1 Å². The van der Waals surface area contributed by atoms with Crippen LogP contribution >= 0.6 is 0 Å². The van der Waals surface area contributed by atoms with Crippen molar-refractivity contribution in [2.45, 2.75) is 6.92 Å². The number of nitrogens with two attached hydrogens (primary N) is 1. The predicted molar refractivity (Wildman–Crippen MR) is 66.1 cm³/mol. The number of amides is 1. The number of likely N-dealkylation sites (N-methyl/N-ethyl adjacent to an activating group) is 1. The first-order chi connectivity index (χ1) is 8.11. The number of ether oxygens (including phenoxy) is 1. The molecule has 1 rings (SSSR count). The van der Waals surface area contributed by atoms with Crippen molar-refractivity contribution in [1.29, 1.82) is 0 Å². The summed E-state index contributed by atoms with van der Waals surface area (Å²) in [7, 11) is 1.61. The third kappa shape index (κ3) is 3.10. The molecule has 0 atom stereocenters. The molecule has 0 heterocycles. The van der Waals surface area contributed by atoms with E-state index in [0.717, 1.165) is 0 Å². The smallest absolute Gasteiger partial charge is 0.259 e. The van der Waals surface area contributed by atoms with Gasteiger partial charge >= 0.3 is 0 Å². The van der Waals surface area contributed by atoms with Crippen LogP contribution in [0.15, 0.2) is 18.2 Å². The van der Waals surface area contributed by atoms with Gasteiger partial charge in [0.25, 0.3) is 5.91 Å². The number of anilines is 1. The van der Waals surface area contributed by atoms with Gasteiger partial charge in [-0.1, -0.05) is 6.07 Å². The summed E-state index contributed by atoms with van der Waals surface area (Å²) in [5.41, 5.74) is 6.53. The van der Waals surface area contributed by atoms with E-state index < -0.39 is 0 Å². The summed E-state index contributed by atoms with van der Waals surface area (Å²) < 4.78 is 5.38. The highest BCUT2D eigenvalue weighted by atomic mass is 16.5. The Morgan fingerprint density at radius 2 is 2.24 bits per heavy atom. The molecule has 1 aromatic carbocycles. The van der Waals surface area contributed by atoms with Gasteiger partial charge in [-0.15, -0.1) is 0 Å². The Morgan fingerprint density at radius 1 is 1.53 bits per heavy atom.